The Morgan fingerprint density at radius 2 is 1.79 bits per heavy atom. The molecule has 0 aliphatic heterocycles. The molecule has 0 aliphatic carbocycles. The lowest BCUT2D eigenvalue weighted by Crippen LogP contribution is -2.25. The molecule has 1 amide bonds. The van der Waals surface area contributed by atoms with E-state index >= 15 is 0 Å². The molecule has 5 aromatic rings. The second-order valence-electron chi connectivity index (χ2n) is 9.17. The van der Waals surface area contributed by atoms with Gasteiger partial charge in [0.1, 0.15) is 5.82 Å². The van der Waals surface area contributed by atoms with Crippen LogP contribution in [0.2, 0.25) is 0 Å². The molecule has 3 aromatic carbocycles. The van der Waals surface area contributed by atoms with Crippen LogP contribution in [0.25, 0.3) is 22.0 Å². The van der Waals surface area contributed by atoms with E-state index in [-0.39, 0.29) is 28.2 Å². The van der Waals surface area contributed by atoms with Crippen molar-refractivity contribution in [2.75, 3.05) is 12.8 Å². The monoisotopic (exact) mass is 542 g/mol. The van der Waals surface area contributed by atoms with Gasteiger partial charge < -0.3 is 11.1 Å². The van der Waals surface area contributed by atoms with Gasteiger partial charge in [-0.1, -0.05) is 35.9 Å². The minimum Gasteiger partial charge on any atom is -0.382 e. The molecule has 39 heavy (non-hydrogen) atoms. The quantitative estimate of drug-likeness (QED) is 0.335. The van der Waals surface area contributed by atoms with Crippen LogP contribution in [0, 0.1) is 6.92 Å². The number of nitrogens with one attached hydrogen (secondary N) is 1. The van der Waals surface area contributed by atoms with Crippen LogP contribution in [-0.2, 0) is 10.0 Å². The predicted molar refractivity (Wildman–Crippen MR) is 149 cm³/mol. The highest BCUT2D eigenvalue weighted by Crippen LogP contribution is 2.30. The first kappa shape index (κ1) is 25.9. The van der Waals surface area contributed by atoms with E-state index in [1.54, 1.807) is 55.6 Å². The second kappa shape index (κ2) is 9.84. The van der Waals surface area contributed by atoms with E-state index in [4.69, 9.17) is 5.73 Å². The second-order valence-corrected chi connectivity index (χ2v) is 10.9. The zero-order chi connectivity index (χ0) is 27.9. The fourth-order valence-electron chi connectivity index (χ4n) is 4.39. The maximum Gasteiger partial charge on any atom is 0.284 e. The van der Waals surface area contributed by atoms with E-state index in [2.05, 4.69) is 15.4 Å². The summed E-state index contributed by atoms with van der Waals surface area (Å²) in [5.74, 6) is -0.261. The molecular weight excluding hydrogens is 516 g/mol. The van der Waals surface area contributed by atoms with Crippen molar-refractivity contribution < 1.29 is 13.2 Å². The highest BCUT2D eigenvalue weighted by molar-refractivity contribution is 7.90. The SMILES string of the molecule is CNC(=O)c1cccc(C(C)n2cnc3cc(-c4cnn(S(=O)(=O)c5ccc(C)cc5)c4N)ccc3c2=O)c1. The molecule has 0 fully saturated rings. The van der Waals surface area contributed by atoms with E-state index in [0.717, 1.165) is 15.2 Å². The van der Waals surface area contributed by atoms with Gasteiger partial charge in [0, 0.05) is 18.2 Å². The van der Waals surface area contributed by atoms with Crippen molar-refractivity contribution in [2.24, 2.45) is 0 Å². The van der Waals surface area contributed by atoms with Crippen LogP contribution in [0.3, 0.4) is 0 Å². The number of nitrogens with zero attached hydrogens (tertiary/aromatic N) is 4. The van der Waals surface area contributed by atoms with Gasteiger partial charge in [-0.25, -0.2) is 4.98 Å². The molecule has 1 atom stereocenters. The summed E-state index contributed by atoms with van der Waals surface area (Å²) in [4.78, 5) is 30.0. The lowest BCUT2D eigenvalue weighted by atomic mass is 10.0. The Labute approximate surface area is 224 Å². The number of nitrogens with two attached hydrogens (primary N) is 1. The zero-order valence-corrected chi connectivity index (χ0v) is 22.3. The standard InChI is InChI=1S/C28H26N6O4S/c1-17-7-10-22(11-8-17)39(37,38)34-26(29)24(15-32-34)20-9-12-23-25(14-20)31-16-33(28(23)36)18(2)19-5-4-6-21(13-19)27(35)30-3/h4-16,18H,29H2,1-3H3,(H,30,35). The van der Waals surface area contributed by atoms with E-state index in [1.807, 2.05) is 19.9 Å². The molecule has 0 bridgehead atoms. The predicted octanol–water partition coefficient (Wildman–Crippen LogP) is 3.36. The van der Waals surface area contributed by atoms with Gasteiger partial charge in [0.25, 0.3) is 21.5 Å². The summed E-state index contributed by atoms with van der Waals surface area (Å²) in [7, 11) is -2.43. The Morgan fingerprint density at radius 3 is 2.51 bits per heavy atom. The van der Waals surface area contributed by atoms with E-state index in [0.29, 0.717) is 27.6 Å². The first-order valence-corrected chi connectivity index (χ1v) is 13.5. The fourth-order valence-corrected chi connectivity index (χ4v) is 5.60. The van der Waals surface area contributed by atoms with Crippen LogP contribution in [0.4, 0.5) is 5.82 Å². The largest absolute Gasteiger partial charge is 0.382 e. The molecule has 1 unspecified atom stereocenters. The van der Waals surface area contributed by atoms with Gasteiger partial charge in [-0.2, -0.15) is 13.5 Å². The molecule has 0 aliphatic rings. The number of fused-ring (bicyclic) bond motifs is 1. The fraction of sp³-hybridized carbons (Fsp3) is 0.143. The van der Waals surface area contributed by atoms with E-state index in [1.165, 1.54) is 29.2 Å². The van der Waals surface area contributed by atoms with Gasteiger partial charge in [-0.15, -0.1) is 4.09 Å². The maximum absolute atomic E-state index is 13.4. The number of aromatic nitrogens is 4. The molecule has 0 saturated heterocycles. The Kier molecular flexibility index (Phi) is 6.52. The van der Waals surface area contributed by atoms with Crippen molar-refractivity contribution in [3.8, 4) is 11.1 Å². The maximum atomic E-state index is 13.4. The van der Waals surface area contributed by atoms with E-state index in [9.17, 15) is 18.0 Å². The van der Waals surface area contributed by atoms with Crippen molar-refractivity contribution in [1.82, 2.24) is 24.1 Å². The van der Waals surface area contributed by atoms with Crippen molar-refractivity contribution in [1.29, 1.82) is 0 Å². The molecule has 5 rings (SSSR count). The van der Waals surface area contributed by atoms with Gasteiger partial charge in [-0.05, 0) is 61.4 Å². The van der Waals surface area contributed by atoms with Crippen molar-refractivity contribution >= 4 is 32.7 Å². The minimum absolute atomic E-state index is 0.0483. The number of aryl methyl sites for hydroxylation is 1. The van der Waals surface area contributed by atoms with Crippen LogP contribution < -0.4 is 16.6 Å². The highest BCUT2D eigenvalue weighted by Gasteiger charge is 2.23. The van der Waals surface area contributed by atoms with Crippen LogP contribution >= 0.6 is 0 Å². The average Bonchev–Trinajstić information content (AvgIpc) is 3.34. The van der Waals surface area contributed by atoms with Crippen LogP contribution in [0.5, 0.6) is 0 Å². The van der Waals surface area contributed by atoms with Gasteiger partial charge in [0.15, 0.2) is 0 Å². The summed E-state index contributed by atoms with van der Waals surface area (Å²) >= 11 is 0. The normalized spacial score (nSPS) is 12.4. The Balaban J connectivity index is 1.50. The van der Waals surface area contributed by atoms with Crippen molar-refractivity contribution in [3.63, 3.8) is 0 Å². The average molecular weight is 543 g/mol. The third kappa shape index (κ3) is 4.57. The number of hydrogen-bond donors (Lipinski definition) is 2. The number of benzene rings is 3. The number of nitrogen functional groups attached to an aromatic ring is 1. The first-order valence-electron chi connectivity index (χ1n) is 12.1. The third-order valence-corrected chi connectivity index (χ3v) is 8.30. The minimum atomic E-state index is -3.99. The summed E-state index contributed by atoms with van der Waals surface area (Å²) in [6.45, 7) is 3.72. The molecule has 10 nitrogen and oxygen atoms in total. The first-order chi connectivity index (χ1) is 18.6. The van der Waals surface area contributed by atoms with Crippen molar-refractivity contribution in [3.05, 3.63) is 106 Å². The zero-order valence-electron chi connectivity index (χ0n) is 21.5. The molecule has 2 heterocycles. The molecule has 3 N–H and O–H groups in total. The van der Waals surface area contributed by atoms with E-state index < -0.39 is 10.0 Å². The summed E-state index contributed by atoms with van der Waals surface area (Å²) in [5.41, 5.74) is 9.59. The van der Waals surface area contributed by atoms with Crippen LogP contribution in [-0.4, -0.2) is 40.1 Å². The number of rotatable bonds is 6. The van der Waals surface area contributed by atoms with Crippen LogP contribution in [0.15, 0.2) is 88.9 Å². The topological polar surface area (TPSA) is 142 Å². The third-order valence-electron chi connectivity index (χ3n) is 6.69. The molecule has 0 saturated carbocycles. The van der Waals surface area contributed by atoms with Gasteiger partial charge in [0.2, 0.25) is 0 Å². The molecule has 2 aromatic heterocycles. The van der Waals surface area contributed by atoms with Gasteiger partial charge >= 0.3 is 0 Å². The van der Waals surface area contributed by atoms with Gasteiger partial charge in [-0.3, -0.25) is 14.2 Å². The lowest BCUT2D eigenvalue weighted by Gasteiger charge is -2.16. The smallest absolute Gasteiger partial charge is 0.284 e. The lowest BCUT2D eigenvalue weighted by molar-refractivity contribution is 0.0963. The number of carbonyl (C=O) groups is 1. The number of anilines is 1. The van der Waals surface area contributed by atoms with Crippen molar-refractivity contribution in [2.45, 2.75) is 24.8 Å². The number of hydrogen-bond acceptors (Lipinski definition) is 7. The van der Waals surface area contributed by atoms with Gasteiger partial charge in [0.05, 0.1) is 34.4 Å². The molecule has 11 heteroatoms. The highest BCUT2D eigenvalue weighted by atomic mass is 32.2. The summed E-state index contributed by atoms with van der Waals surface area (Å²) < 4.78 is 28.5. The Bertz CT molecular complexity index is 1890. The summed E-state index contributed by atoms with van der Waals surface area (Å²) in [5, 5.41) is 7.03. The molecular formula is C28H26N6O4S. The Morgan fingerprint density at radius 1 is 1.05 bits per heavy atom. The molecule has 198 valence electrons. The summed E-state index contributed by atoms with van der Waals surface area (Å²) in [6.07, 6.45) is 2.84. The van der Waals surface area contributed by atoms with Crippen LogP contribution in [0.1, 0.15) is 34.5 Å². The molecule has 0 spiro atoms. The molecule has 0 radical (unpaired) electrons. The Hall–Kier alpha value is -4.77. The summed E-state index contributed by atoms with van der Waals surface area (Å²) in [6, 6.07) is 18.1. The number of carbonyl (C=O) groups excluding carboxylic acids is 1. The number of amides is 1.